The van der Waals surface area contributed by atoms with Crippen LogP contribution in [0.25, 0.3) is 0 Å². The number of nitrogens with one attached hydrogen (secondary N) is 2. The average Bonchev–Trinajstić information content (AvgIpc) is 2.60. The zero-order valence-corrected chi connectivity index (χ0v) is 18.0. The van der Waals surface area contributed by atoms with E-state index in [1.807, 2.05) is 18.2 Å². The molecule has 0 aromatic heterocycles. The fourth-order valence-corrected chi connectivity index (χ4v) is 2.34. The fourth-order valence-electron chi connectivity index (χ4n) is 2.34. The Labute approximate surface area is 178 Å². The van der Waals surface area contributed by atoms with E-state index in [9.17, 15) is 26.3 Å². The van der Waals surface area contributed by atoms with E-state index in [1.165, 1.54) is 5.56 Å². The Bertz CT molecular complexity index is 808. The van der Waals surface area contributed by atoms with E-state index in [-0.39, 0.29) is 29.8 Å². The summed E-state index contributed by atoms with van der Waals surface area (Å²) in [5.41, 5.74) is -1.78. The number of alkyl halides is 6. The highest BCUT2D eigenvalue weighted by Gasteiger charge is 2.37. The fraction of sp³-hybridized carbons (Fsp3) is 0.409. The molecule has 9 heteroatoms. The van der Waals surface area contributed by atoms with Crippen molar-refractivity contribution >= 4 is 11.6 Å². The zero-order chi connectivity index (χ0) is 23.8. The molecule has 0 fully saturated rings. The second-order valence-electron chi connectivity index (χ2n) is 7.44. The van der Waals surface area contributed by atoms with Crippen LogP contribution in [0.1, 0.15) is 44.4 Å². The third-order valence-electron chi connectivity index (χ3n) is 3.60. The zero-order valence-electron chi connectivity index (χ0n) is 18.0. The van der Waals surface area contributed by atoms with E-state index >= 15 is 0 Å². The molecule has 2 aromatic rings. The Balaban J connectivity index is 0.000000577. The van der Waals surface area contributed by atoms with Gasteiger partial charge < -0.3 is 10.6 Å². The molecule has 0 aliphatic heterocycles. The minimum Gasteiger partial charge on any atom is -0.354 e. The molecule has 0 atom stereocenters. The predicted molar refractivity (Wildman–Crippen MR) is 112 cm³/mol. The number of halogens is 6. The molecule has 0 bridgehead atoms. The van der Waals surface area contributed by atoms with Gasteiger partial charge in [0.15, 0.2) is 5.96 Å². The minimum atomic E-state index is -4.89. The average molecular weight is 447 g/mol. The smallest absolute Gasteiger partial charge is 0.354 e. The molecule has 0 saturated heterocycles. The van der Waals surface area contributed by atoms with Crippen LogP contribution in [0.5, 0.6) is 0 Å². The number of nitrogens with zero attached hydrogens (tertiary/aromatic N) is 1. The third-order valence-corrected chi connectivity index (χ3v) is 3.60. The predicted octanol–water partition coefficient (Wildman–Crippen LogP) is 6.89. The minimum absolute atomic E-state index is 0.0836. The molecule has 0 saturated carbocycles. The van der Waals surface area contributed by atoms with Gasteiger partial charge in [0.2, 0.25) is 0 Å². The second-order valence-corrected chi connectivity index (χ2v) is 7.44. The van der Waals surface area contributed by atoms with E-state index in [0.717, 1.165) is 0 Å². The lowest BCUT2D eigenvalue weighted by atomic mass is 10.1. The Kier molecular flexibility index (Phi) is 9.40. The molecule has 31 heavy (non-hydrogen) atoms. The standard InChI is InChI=1S/C15H19F6N3.C7H8/c1-8(2)22-13(23-9(3)4)24-12-6-10(14(16,17)18)5-11(7-12)15(19,20)21;1-7-5-3-2-4-6-7/h5-9H,1-4H3,(H2,22,23,24);2-6H,1H3. The lowest BCUT2D eigenvalue weighted by molar-refractivity contribution is -0.143. The van der Waals surface area contributed by atoms with Gasteiger partial charge in [-0.1, -0.05) is 35.9 Å². The van der Waals surface area contributed by atoms with Gasteiger partial charge in [-0.05, 0) is 52.8 Å². The number of rotatable bonds is 3. The van der Waals surface area contributed by atoms with Crippen LogP contribution < -0.4 is 10.6 Å². The Morgan fingerprint density at radius 3 is 1.61 bits per heavy atom. The van der Waals surface area contributed by atoms with Gasteiger partial charge in [0.1, 0.15) is 0 Å². The molecule has 2 rings (SSSR count). The van der Waals surface area contributed by atoms with E-state index in [4.69, 9.17) is 0 Å². The van der Waals surface area contributed by atoms with Crippen LogP contribution in [0.2, 0.25) is 0 Å². The quantitative estimate of drug-likeness (QED) is 0.305. The van der Waals surface area contributed by atoms with Gasteiger partial charge in [-0.3, -0.25) is 4.99 Å². The molecule has 0 aliphatic carbocycles. The molecular formula is C22H27F6N3. The van der Waals surface area contributed by atoms with Crippen molar-refractivity contribution < 1.29 is 26.3 Å². The molecule has 2 aromatic carbocycles. The maximum atomic E-state index is 12.9. The molecule has 0 unspecified atom stereocenters. The van der Waals surface area contributed by atoms with E-state index in [2.05, 4.69) is 34.7 Å². The summed E-state index contributed by atoms with van der Waals surface area (Å²) in [6.07, 6.45) is -9.78. The maximum absolute atomic E-state index is 12.9. The van der Waals surface area contributed by atoms with Crippen LogP contribution in [-0.4, -0.2) is 18.0 Å². The van der Waals surface area contributed by atoms with Crippen molar-refractivity contribution in [3.05, 3.63) is 65.2 Å². The van der Waals surface area contributed by atoms with Gasteiger partial charge >= 0.3 is 12.4 Å². The largest absolute Gasteiger partial charge is 0.416 e. The lowest BCUT2D eigenvalue weighted by Crippen LogP contribution is -2.36. The first-order valence-corrected chi connectivity index (χ1v) is 9.61. The summed E-state index contributed by atoms with van der Waals surface area (Å²) in [6, 6.07) is 11.3. The summed E-state index contributed by atoms with van der Waals surface area (Å²) >= 11 is 0. The number of anilines is 1. The molecule has 0 heterocycles. The van der Waals surface area contributed by atoms with Crippen LogP contribution in [0.3, 0.4) is 0 Å². The summed E-state index contributed by atoms with van der Waals surface area (Å²) in [7, 11) is 0. The Morgan fingerprint density at radius 2 is 1.29 bits per heavy atom. The van der Waals surface area contributed by atoms with Gasteiger partial charge in [-0.25, -0.2) is 0 Å². The number of benzene rings is 2. The molecule has 172 valence electrons. The van der Waals surface area contributed by atoms with Crippen molar-refractivity contribution in [2.75, 3.05) is 5.32 Å². The van der Waals surface area contributed by atoms with Crippen molar-refractivity contribution in [3.63, 3.8) is 0 Å². The number of aliphatic imine (C=N–C) groups is 1. The van der Waals surface area contributed by atoms with Gasteiger partial charge in [-0.2, -0.15) is 26.3 Å². The molecule has 0 aliphatic rings. The monoisotopic (exact) mass is 447 g/mol. The highest BCUT2D eigenvalue weighted by atomic mass is 19.4. The molecule has 2 N–H and O–H groups in total. The normalized spacial score (nSPS) is 12.5. The van der Waals surface area contributed by atoms with Gasteiger partial charge in [-0.15, -0.1) is 0 Å². The van der Waals surface area contributed by atoms with E-state index < -0.39 is 23.5 Å². The van der Waals surface area contributed by atoms with E-state index in [0.29, 0.717) is 12.1 Å². The molecule has 0 radical (unpaired) electrons. The van der Waals surface area contributed by atoms with Gasteiger partial charge in [0, 0.05) is 17.8 Å². The van der Waals surface area contributed by atoms with Crippen molar-refractivity contribution in [2.24, 2.45) is 4.99 Å². The topological polar surface area (TPSA) is 36.4 Å². The third kappa shape index (κ3) is 10.2. The Morgan fingerprint density at radius 1 is 0.806 bits per heavy atom. The molecular weight excluding hydrogens is 420 g/mol. The van der Waals surface area contributed by atoms with E-state index in [1.54, 1.807) is 27.7 Å². The molecule has 3 nitrogen and oxygen atoms in total. The summed E-state index contributed by atoms with van der Waals surface area (Å²) in [5.74, 6) is 0.104. The first kappa shape index (κ1) is 26.3. The molecule has 0 amide bonds. The van der Waals surface area contributed by atoms with Gasteiger partial charge in [0.05, 0.1) is 11.1 Å². The van der Waals surface area contributed by atoms with Crippen LogP contribution in [-0.2, 0) is 12.4 Å². The Hall–Kier alpha value is -2.71. The summed E-state index contributed by atoms with van der Waals surface area (Å²) < 4.78 is 77.1. The number of hydrogen-bond donors (Lipinski definition) is 2. The molecule has 0 spiro atoms. The second kappa shape index (κ2) is 11.1. The first-order chi connectivity index (χ1) is 14.2. The van der Waals surface area contributed by atoms with Crippen LogP contribution in [0.4, 0.5) is 32.0 Å². The summed E-state index contributed by atoms with van der Waals surface area (Å²) in [5, 5.41) is 5.36. The first-order valence-electron chi connectivity index (χ1n) is 9.61. The van der Waals surface area contributed by atoms with Crippen LogP contribution in [0.15, 0.2) is 53.5 Å². The van der Waals surface area contributed by atoms with Gasteiger partial charge in [0.25, 0.3) is 0 Å². The van der Waals surface area contributed by atoms with Crippen molar-refractivity contribution in [2.45, 2.75) is 59.1 Å². The highest BCUT2D eigenvalue weighted by Crippen LogP contribution is 2.37. The van der Waals surface area contributed by atoms with Crippen LogP contribution in [0, 0.1) is 6.92 Å². The number of aryl methyl sites for hydroxylation is 1. The summed E-state index contributed by atoms with van der Waals surface area (Å²) in [4.78, 5) is 4.13. The number of hydrogen-bond acceptors (Lipinski definition) is 1. The van der Waals surface area contributed by atoms with Crippen molar-refractivity contribution in [1.82, 2.24) is 5.32 Å². The lowest BCUT2D eigenvalue weighted by Gasteiger charge is -2.19. The van der Waals surface area contributed by atoms with Crippen molar-refractivity contribution in [3.8, 4) is 0 Å². The SMILES string of the molecule is CC(C)N=C(Nc1cc(C(F)(F)F)cc(C(F)(F)F)c1)NC(C)C.Cc1ccccc1. The summed E-state index contributed by atoms with van der Waals surface area (Å²) in [6.45, 7) is 9.09. The number of guanidine groups is 1. The van der Waals surface area contributed by atoms with Crippen LogP contribution >= 0.6 is 0 Å². The van der Waals surface area contributed by atoms with Crippen molar-refractivity contribution in [1.29, 1.82) is 0 Å². The maximum Gasteiger partial charge on any atom is 0.416 e. The highest BCUT2D eigenvalue weighted by molar-refractivity contribution is 5.94.